The summed E-state index contributed by atoms with van der Waals surface area (Å²) in [5, 5.41) is 2.67. The van der Waals surface area contributed by atoms with E-state index in [4.69, 9.17) is 4.74 Å². The Balaban J connectivity index is 1.70. The molecule has 3 aromatic carbocycles. The highest BCUT2D eigenvalue weighted by molar-refractivity contribution is 7.92. The summed E-state index contributed by atoms with van der Waals surface area (Å²) >= 11 is 0. The molecule has 0 spiro atoms. The standard InChI is InChI=1S/C25H25N3O5S/c1-33-22-12-10-21(11-13-22)28(17-19-6-3-2-4-7-19)34(31,32)23-9-5-8-20(16-23)25(30)27-15-14-26-24(29)18-27/h2-13,16H,14-15,17-18H2,1H3,(H,26,29). The van der Waals surface area contributed by atoms with E-state index >= 15 is 0 Å². The van der Waals surface area contributed by atoms with Gasteiger partial charge in [-0.25, -0.2) is 8.42 Å². The smallest absolute Gasteiger partial charge is 0.264 e. The third-order valence-corrected chi connectivity index (χ3v) is 7.29. The second-order valence-corrected chi connectivity index (χ2v) is 9.66. The maximum atomic E-state index is 13.8. The molecule has 1 N–H and O–H groups in total. The first-order valence-electron chi connectivity index (χ1n) is 10.8. The number of amides is 2. The van der Waals surface area contributed by atoms with Crippen LogP contribution >= 0.6 is 0 Å². The van der Waals surface area contributed by atoms with Gasteiger partial charge < -0.3 is 15.0 Å². The first kappa shape index (κ1) is 23.3. The predicted molar refractivity (Wildman–Crippen MR) is 128 cm³/mol. The zero-order valence-corrected chi connectivity index (χ0v) is 19.5. The van der Waals surface area contributed by atoms with Crippen LogP contribution in [-0.4, -0.2) is 51.9 Å². The van der Waals surface area contributed by atoms with Crippen molar-refractivity contribution in [1.29, 1.82) is 0 Å². The molecule has 0 aliphatic carbocycles. The van der Waals surface area contributed by atoms with E-state index in [1.165, 1.54) is 21.3 Å². The number of methoxy groups -OCH3 is 1. The number of hydrogen-bond donors (Lipinski definition) is 1. The van der Waals surface area contributed by atoms with Crippen molar-refractivity contribution in [2.45, 2.75) is 11.4 Å². The molecule has 0 aromatic heterocycles. The lowest BCUT2D eigenvalue weighted by atomic mass is 10.2. The fourth-order valence-corrected chi connectivity index (χ4v) is 5.22. The lowest BCUT2D eigenvalue weighted by Crippen LogP contribution is -2.50. The molecule has 34 heavy (non-hydrogen) atoms. The monoisotopic (exact) mass is 479 g/mol. The lowest BCUT2D eigenvalue weighted by Gasteiger charge is -2.27. The molecular weight excluding hydrogens is 454 g/mol. The van der Waals surface area contributed by atoms with Gasteiger partial charge in [-0.15, -0.1) is 0 Å². The van der Waals surface area contributed by atoms with Crippen molar-refractivity contribution in [2.24, 2.45) is 0 Å². The molecule has 0 radical (unpaired) electrons. The van der Waals surface area contributed by atoms with E-state index in [2.05, 4.69) is 5.32 Å². The van der Waals surface area contributed by atoms with Crippen LogP contribution in [-0.2, 0) is 21.4 Å². The minimum absolute atomic E-state index is 0.00781. The molecule has 1 saturated heterocycles. The molecule has 4 rings (SSSR count). The molecule has 8 nitrogen and oxygen atoms in total. The van der Waals surface area contributed by atoms with E-state index < -0.39 is 10.0 Å². The van der Waals surface area contributed by atoms with Gasteiger partial charge in [0.1, 0.15) is 5.75 Å². The maximum Gasteiger partial charge on any atom is 0.264 e. The number of carbonyl (C=O) groups excluding carboxylic acids is 2. The van der Waals surface area contributed by atoms with Gasteiger partial charge in [0.2, 0.25) is 5.91 Å². The number of hydrogen-bond acceptors (Lipinski definition) is 5. The van der Waals surface area contributed by atoms with Crippen LogP contribution in [0.4, 0.5) is 5.69 Å². The quantitative estimate of drug-likeness (QED) is 0.562. The first-order valence-corrected chi connectivity index (χ1v) is 12.2. The van der Waals surface area contributed by atoms with Crippen molar-refractivity contribution in [3.05, 3.63) is 90.0 Å². The van der Waals surface area contributed by atoms with E-state index in [1.54, 1.807) is 43.5 Å². The first-order chi connectivity index (χ1) is 16.4. The van der Waals surface area contributed by atoms with Gasteiger partial charge in [0.15, 0.2) is 0 Å². The maximum absolute atomic E-state index is 13.8. The van der Waals surface area contributed by atoms with E-state index in [9.17, 15) is 18.0 Å². The number of piperazine rings is 1. The van der Waals surface area contributed by atoms with Crippen molar-refractivity contribution < 1.29 is 22.7 Å². The van der Waals surface area contributed by atoms with Gasteiger partial charge in [-0.2, -0.15) is 0 Å². The summed E-state index contributed by atoms with van der Waals surface area (Å²) in [6.45, 7) is 0.792. The van der Waals surface area contributed by atoms with Crippen molar-refractivity contribution in [3.63, 3.8) is 0 Å². The number of rotatable bonds is 7. The van der Waals surface area contributed by atoms with Gasteiger partial charge in [-0.1, -0.05) is 36.4 Å². The molecule has 9 heteroatoms. The van der Waals surface area contributed by atoms with Crippen LogP contribution in [0.2, 0.25) is 0 Å². The van der Waals surface area contributed by atoms with Gasteiger partial charge in [-0.05, 0) is 48.0 Å². The highest BCUT2D eigenvalue weighted by atomic mass is 32.2. The molecule has 2 amide bonds. The molecule has 1 heterocycles. The van der Waals surface area contributed by atoms with Crippen molar-refractivity contribution in [3.8, 4) is 5.75 Å². The summed E-state index contributed by atoms with van der Waals surface area (Å²) in [6, 6.07) is 22.0. The Morgan fingerprint density at radius 1 is 1.03 bits per heavy atom. The summed E-state index contributed by atoms with van der Waals surface area (Å²) in [4.78, 5) is 26.0. The van der Waals surface area contributed by atoms with Gasteiger partial charge in [0.25, 0.3) is 15.9 Å². The summed E-state index contributed by atoms with van der Waals surface area (Å²) in [7, 11) is -2.48. The molecule has 1 aliphatic rings. The summed E-state index contributed by atoms with van der Waals surface area (Å²) in [5.41, 5.74) is 1.49. The number of anilines is 1. The third-order valence-electron chi connectivity index (χ3n) is 5.52. The molecule has 0 saturated carbocycles. The number of ether oxygens (including phenoxy) is 1. The SMILES string of the molecule is COc1ccc(N(Cc2ccccc2)S(=O)(=O)c2cccc(C(=O)N3CCNC(=O)C3)c2)cc1. The second-order valence-electron chi connectivity index (χ2n) is 7.80. The van der Waals surface area contributed by atoms with Crippen molar-refractivity contribution in [2.75, 3.05) is 31.0 Å². The predicted octanol–water partition coefficient (Wildman–Crippen LogP) is 2.66. The molecule has 0 unspecified atom stereocenters. The lowest BCUT2D eigenvalue weighted by molar-refractivity contribution is -0.123. The average molecular weight is 480 g/mol. The van der Waals surface area contributed by atoms with Crippen LogP contribution < -0.4 is 14.4 Å². The Morgan fingerprint density at radius 3 is 2.44 bits per heavy atom. The largest absolute Gasteiger partial charge is 0.497 e. The molecular formula is C25H25N3O5S. The fourth-order valence-electron chi connectivity index (χ4n) is 3.72. The van der Waals surface area contributed by atoms with E-state index in [-0.39, 0.29) is 35.4 Å². The fraction of sp³-hybridized carbons (Fsp3) is 0.200. The van der Waals surface area contributed by atoms with Crippen LogP contribution in [0, 0.1) is 0 Å². The van der Waals surface area contributed by atoms with Gasteiger partial charge in [0.05, 0.1) is 30.8 Å². The van der Waals surface area contributed by atoms with Crippen LogP contribution in [0.15, 0.2) is 83.8 Å². The van der Waals surface area contributed by atoms with Crippen molar-refractivity contribution in [1.82, 2.24) is 10.2 Å². The van der Waals surface area contributed by atoms with E-state index in [1.807, 2.05) is 30.3 Å². The van der Waals surface area contributed by atoms with Gasteiger partial charge in [0, 0.05) is 18.7 Å². The second kappa shape index (κ2) is 9.96. The number of carbonyl (C=O) groups is 2. The summed E-state index contributed by atoms with van der Waals surface area (Å²) < 4.78 is 34.1. The molecule has 1 aliphatic heterocycles. The molecule has 0 bridgehead atoms. The van der Waals surface area contributed by atoms with Crippen LogP contribution in [0.3, 0.4) is 0 Å². The topological polar surface area (TPSA) is 96.0 Å². The Labute approximate surface area is 198 Å². The molecule has 3 aromatic rings. The molecule has 1 fully saturated rings. The van der Waals surface area contributed by atoms with Crippen LogP contribution in [0.1, 0.15) is 15.9 Å². The summed E-state index contributed by atoms with van der Waals surface area (Å²) in [6.07, 6.45) is 0. The Kier molecular flexibility index (Phi) is 6.83. The number of benzene rings is 3. The molecule has 176 valence electrons. The van der Waals surface area contributed by atoms with Gasteiger partial charge in [-0.3, -0.25) is 13.9 Å². The highest BCUT2D eigenvalue weighted by Crippen LogP contribution is 2.28. The van der Waals surface area contributed by atoms with Crippen molar-refractivity contribution >= 4 is 27.5 Å². The Morgan fingerprint density at radius 2 is 1.76 bits per heavy atom. The normalized spacial score (nSPS) is 13.8. The Hall–Kier alpha value is -3.85. The summed E-state index contributed by atoms with van der Waals surface area (Å²) in [5.74, 6) is -0.0122. The van der Waals surface area contributed by atoms with Gasteiger partial charge >= 0.3 is 0 Å². The van der Waals surface area contributed by atoms with Crippen LogP contribution in [0.25, 0.3) is 0 Å². The zero-order chi connectivity index (χ0) is 24.1. The number of sulfonamides is 1. The number of nitrogens with one attached hydrogen (secondary N) is 1. The minimum Gasteiger partial charge on any atom is -0.497 e. The Bertz CT molecular complexity index is 1280. The third kappa shape index (κ3) is 5.04. The number of nitrogens with zero attached hydrogens (tertiary/aromatic N) is 2. The van der Waals surface area contributed by atoms with E-state index in [0.29, 0.717) is 24.5 Å². The average Bonchev–Trinajstić information content (AvgIpc) is 2.87. The molecule has 0 atom stereocenters. The van der Waals surface area contributed by atoms with Crippen LogP contribution in [0.5, 0.6) is 5.75 Å². The zero-order valence-electron chi connectivity index (χ0n) is 18.7. The highest BCUT2D eigenvalue weighted by Gasteiger charge is 2.28. The minimum atomic E-state index is -4.03. The van der Waals surface area contributed by atoms with E-state index in [0.717, 1.165) is 5.56 Å².